The predicted octanol–water partition coefficient (Wildman–Crippen LogP) is 1.49. The minimum Gasteiger partial charge on any atom is -0.469 e. The molecule has 0 unspecified atom stereocenters. The lowest BCUT2D eigenvalue weighted by Gasteiger charge is -2.12. The topological polar surface area (TPSA) is 78.7 Å². The molecule has 0 fully saturated rings. The summed E-state index contributed by atoms with van der Waals surface area (Å²) in [5, 5.41) is 9.10. The third-order valence-electron chi connectivity index (χ3n) is 3.49. The second-order valence-electron chi connectivity index (χ2n) is 5.41. The Balaban J connectivity index is 1.58. The van der Waals surface area contributed by atoms with Crippen molar-refractivity contribution in [1.82, 2.24) is 16.0 Å². The molecule has 6 nitrogen and oxygen atoms in total. The second-order valence-corrected chi connectivity index (χ2v) is 5.41. The lowest BCUT2D eigenvalue weighted by atomic mass is 10.1. The van der Waals surface area contributed by atoms with Crippen LogP contribution in [0.1, 0.15) is 11.3 Å². The summed E-state index contributed by atoms with van der Waals surface area (Å²) in [7, 11) is 1.69. The summed E-state index contributed by atoms with van der Waals surface area (Å²) in [6.07, 6.45) is 2.65. The van der Waals surface area contributed by atoms with Crippen molar-refractivity contribution in [1.29, 1.82) is 0 Å². The van der Waals surface area contributed by atoms with Crippen LogP contribution in [-0.2, 0) is 17.6 Å². The van der Waals surface area contributed by atoms with Crippen molar-refractivity contribution in [3.8, 4) is 0 Å². The van der Waals surface area contributed by atoms with E-state index in [9.17, 15) is 9.18 Å². The van der Waals surface area contributed by atoms with E-state index in [1.165, 1.54) is 12.1 Å². The fourth-order valence-corrected chi connectivity index (χ4v) is 2.21. The number of carbonyl (C=O) groups is 1. The zero-order chi connectivity index (χ0) is 17.9. The van der Waals surface area contributed by atoms with Crippen LogP contribution in [0.15, 0.2) is 52.1 Å². The van der Waals surface area contributed by atoms with E-state index in [0.717, 1.165) is 17.7 Å². The number of carbonyl (C=O) groups excluding carboxylic acids is 1. The first-order valence-electron chi connectivity index (χ1n) is 8.15. The van der Waals surface area contributed by atoms with Crippen LogP contribution in [0.5, 0.6) is 0 Å². The highest BCUT2D eigenvalue weighted by Gasteiger charge is 2.04. The number of furan rings is 1. The Morgan fingerprint density at radius 3 is 2.48 bits per heavy atom. The SMILES string of the molecule is CN=C(NCCNC(=O)Cc1ccc(F)cc1)NCCc1ccco1. The summed E-state index contributed by atoms with van der Waals surface area (Å²) in [5.41, 5.74) is 0.780. The molecule has 7 heteroatoms. The molecule has 1 amide bonds. The summed E-state index contributed by atoms with van der Waals surface area (Å²) >= 11 is 0. The van der Waals surface area contributed by atoms with Gasteiger partial charge in [-0.1, -0.05) is 12.1 Å². The molecule has 0 spiro atoms. The smallest absolute Gasteiger partial charge is 0.224 e. The van der Waals surface area contributed by atoms with Gasteiger partial charge in [-0.25, -0.2) is 4.39 Å². The molecule has 2 aromatic rings. The fourth-order valence-electron chi connectivity index (χ4n) is 2.21. The van der Waals surface area contributed by atoms with Crippen LogP contribution in [0.4, 0.5) is 4.39 Å². The first kappa shape index (κ1) is 18.5. The standard InChI is InChI=1S/C18H23FN4O2/c1-20-18(22-9-8-16-3-2-12-25-16)23-11-10-21-17(24)13-14-4-6-15(19)7-5-14/h2-7,12H,8-11,13H2,1H3,(H,21,24)(H2,20,22,23). The highest BCUT2D eigenvalue weighted by atomic mass is 19.1. The van der Waals surface area contributed by atoms with Gasteiger partial charge >= 0.3 is 0 Å². The van der Waals surface area contributed by atoms with E-state index >= 15 is 0 Å². The van der Waals surface area contributed by atoms with Crippen LogP contribution in [0.2, 0.25) is 0 Å². The van der Waals surface area contributed by atoms with Crippen molar-refractivity contribution in [2.75, 3.05) is 26.7 Å². The first-order valence-corrected chi connectivity index (χ1v) is 8.15. The van der Waals surface area contributed by atoms with Gasteiger partial charge in [-0.3, -0.25) is 9.79 Å². The largest absolute Gasteiger partial charge is 0.469 e. The third-order valence-corrected chi connectivity index (χ3v) is 3.49. The molecule has 0 bridgehead atoms. The summed E-state index contributed by atoms with van der Waals surface area (Å²) in [5.74, 6) is 1.17. The molecule has 0 saturated carbocycles. The predicted molar refractivity (Wildman–Crippen MR) is 94.9 cm³/mol. The van der Waals surface area contributed by atoms with Gasteiger partial charge in [0.25, 0.3) is 0 Å². The van der Waals surface area contributed by atoms with Gasteiger partial charge in [0.2, 0.25) is 5.91 Å². The van der Waals surface area contributed by atoms with Crippen LogP contribution in [0.25, 0.3) is 0 Å². The zero-order valence-electron chi connectivity index (χ0n) is 14.2. The van der Waals surface area contributed by atoms with Crippen LogP contribution in [0, 0.1) is 5.82 Å². The maximum Gasteiger partial charge on any atom is 0.224 e. The molecular formula is C18H23FN4O2. The molecule has 134 valence electrons. The second kappa shape index (κ2) is 10.1. The van der Waals surface area contributed by atoms with Crippen LogP contribution >= 0.6 is 0 Å². The van der Waals surface area contributed by atoms with Crippen molar-refractivity contribution in [2.24, 2.45) is 4.99 Å². The average Bonchev–Trinajstić information content (AvgIpc) is 3.12. The molecule has 0 aliphatic heterocycles. The number of amides is 1. The molecule has 1 heterocycles. The Labute approximate surface area is 146 Å². The normalized spacial score (nSPS) is 11.2. The Morgan fingerprint density at radius 2 is 1.80 bits per heavy atom. The summed E-state index contributed by atoms with van der Waals surface area (Å²) in [6.45, 7) is 1.72. The molecule has 0 aliphatic rings. The highest BCUT2D eigenvalue weighted by molar-refractivity contribution is 5.80. The fraction of sp³-hybridized carbons (Fsp3) is 0.333. The maximum absolute atomic E-state index is 12.8. The van der Waals surface area contributed by atoms with Gasteiger partial charge in [-0.05, 0) is 29.8 Å². The minimum atomic E-state index is -0.306. The number of aliphatic imine (C=N–C) groups is 1. The molecule has 1 aromatic heterocycles. The van der Waals surface area contributed by atoms with Gasteiger partial charge in [-0.2, -0.15) is 0 Å². The highest BCUT2D eigenvalue weighted by Crippen LogP contribution is 2.03. The summed E-state index contributed by atoms with van der Waals surface area (Å²) in [6, 6.07) is 9.70. The van der Waals surface area contributed by atoms with Gasteiger partial charge in [0, 0.05) is 33.1 Å². The molecule has 0 atom stereocenters. The van der Waals surface area contributed by atoms with Gasteiger partial charge in [0.1, 0.15) is 11.6 Å². The van der Waals surface area contributed by atoms with Crippen molar-refractivity contribution >= 4 is 11.9 Å². The molecule has 1 aromatic carbocycles. The van der Waals surface area contributed by atoms with E-state index in [1.54, 1.807) is 25.4 Å². The third kappa shape index (κ3) is 7.07. The van der Waals surface area contributed by atoms with Crippen LogP contribution in [0.3, 0.4) is 0 Å². The average molecular weight is 346 g/mol. The molecular weight excluding hydrogens is 323 g/mol. The summed E-state index contributed by atoms with van der Waals surface area (Å²) in [4.78, 5) is 15.9. The number of nitrogens with zero attached hydrogens (tertiary/aromatic N) is 1. The van der Waals surface area contributed by atoms with Gasteiger partial charge in [-0.15, -0.1) is 0 Å². The Morgan fingerprint density at radius 1 is 1.08 bits per heavy atom. The Kier molecular flexibility index (Phi) is 7.49. The van der Waals surface area contributed by atoms with E-state index < -0.39 is 0 Å². The number of hydrogen-bond acceptors (Lipinski definition) is 3. The quantitative estimate of drug-likeness (QED) is 0.384. The number of rotatable bonds is 8. The lowest BCUT2D eigenvalue weighted by Crippen LogP contribution is -2.42. The molecule has 0 aliphatic carbocycles. The number of guanidine groups is 1. The van der Waals surface area contributed by atoms with Crippen molar-refractivity contribution in [2.45, 2.75) is 12.8 Å². The van der Waals surface area contributed by atoms with E-state index in [4.69, 9.17) is 4.42 Å². The van der Waals surface area contributed by atoms with E-state index in [-0.39, 0.29) is 18.1 Å². The maximum atomic E-state index is 12.8. The van der Waals surface area contributed by atoms with Crippen LogP contribution < -0.4 is 16.0 Å². The Hall–Kier alpha value is -2.83. The van der Waals surface area contributed by atoms with Gasteiger partial charge in [0.15, 0.2) is 5.96 Å². The number of benzene rings is 1. The number of nitrogens with one attached hydrogen (secondary N) is 3. The summed E-state index contributed by atoms with van der Waals surface area (Å²) < 4.78 is 18.1. The van der Waals surface area contributed by atoms with Crippen molar-refractivity contribution < 1.29 is 13.6 Å². The van der Waals surface area contributed by atoms with E-state index in [0.29, 0.717) is 25.6 Å². The molecule has 0 radical (unpaired) electrons. The molecule has 3 N–H and O–H groups in total. The van der Waals surface area contributed by atoms with Crippen molar-refractivity contribution in [3.63, 3.8) is 0 Å². The van der Waals surface area contributed by atoms with Crippen molar-refractivity contribution in [3.05, 3.63) is 59.8 Å². The molecule has 0 saturated heterocycles. The monoisotopic (exact) mass is 346 g/mol. The van der Waals surface area contributed by atoms with E-state index in [1.807, 2.05) is 12.1 Å². The zero-order valence-corrected chi connectivity index (χ0v) is 14.2. The van der Waals surface area contributed by atoms with Crippen LogP contribution in [-0.4, -0.2) is 38.5 Å². The first-order chi connectivity index (χ1) is 12.2. The molecule has 2 rings (SSSR count). The molecule has 25 heavy (non-hydrogen) atoms. The lowest BCUT2D eigenvalue weighted by molar-refractivity contribution is -0.120. The number of halogens is 1. The minimum absolute atomic E-state index is 0.103. The number of hydrogen-bond donors (Lipinski definition) is 3. The van der Waals surface area contributed by atoms with Gasteiger partial charge < -0.3 is 20.4 Å². The van der Waals surface area contributed by atoms with E-state index in [2.05, 4.69) is 20.9 Å². The Bertz CT molecular complexity index is 669. The van der Waals surface area contributed by atoms with Gasteiger partial charge in [0.05, 0.1) is 12.7 Å².